The first kappa shape index (κ1) is 18.6. The number of aliphatic imine (C=N–C) groups is 1. The number of anilines is 1. The Morgan fingerprint density at radius 3 is 2.69 bits per heavy atom. The fourth-order valence-corrected chi connectivity index (χ4v) is 3.16. The van der Waals surface area contributed by atoms with Crippen LogP contribution in [0.4, 0.5) is 11.4 Å². The molecule has 1 fully saturated rings. The van der Waals surface area contributed by atoms with E-state index in [0.717, 1.165) is 16.6 Å². The quantitative estimate of drug-likeness (QED) is 0.403. The molecule has 1 saturated heterocycles. The standard InChI is InChI=1S/C21H19N5O3/c22-25-19(17-11-14-3-1-2-4-18(14)24-21(17)28)12-23-15-5-7-16(8-6-15)26-9-10-29-13-20(26)27/h1-8,11-12H,9-10,13,22H2,(H,24,28). The van der Waals surface area contributed by atoms with Crippen molar-refractivity contribution in [1.29, 1.82) is 0 Å². The van der Waals surface area contributed by atoms with Crippen LogP contribution >= 0.6 is 0 Å². The molecule has 0 saturated carbocycles. The van der Waals surface area contributed by atoms with E-state index in [9.17, 15) is 9.59 Å². The monoisotopic (exact) mass is 389 g/mol. The molecule has 0 spiro atoms. The number of benzene rings is 2. The molecule has 146 valence electrons. The number of carbonyl (C=O) groups excluding carboxylic acids is 1. The van der Waals surface area contributed by atoms with Crippen molar-refractivity contribution in [2.75, 3.05) is 24.7 Å². The first-order valence-electron chi connectivity index (χ1n) is 9.08. The van der Waals surface area contributed by atoms with Gasteiger partial charge in [0, 0.05) is 17.7 Å². The number of nitrogens with zero attached hydrogens (tertiary/aromatic N) is 3. The molecule has 0 bridgehead atoms. The normalized spacial score (nSPS) is 15.4. The van der Waals surface area contributed by atoms with Gasteiger partial charge in [-0.1, -0.05) is 18.2 Å². The van der Waals surface area contributed by atoms with Crippen molar-refractivity contribution in [3.8, 4) is 0 Å². The van der Waals surface area contributed by atoms with Crippen LogP contribution in [0.2, 0.25) is 0 Å². The molecule has 0 aliphatic carbocycles. The topological polar surface area (TPSA) is 113 Å². The Kier molecular flexibility index (Phi) is 5.17. The maximum atomic E-state index is 12.4. The maximum absolute atomic E-state index is 12.4. The molecule has 3 aromatic rings. The predicted molar refractivity (Wildman–Crippen MR) is 113 cm³/mol. The van der Waals surface area contributed by atoms with E-state index in [0.29, 0.717) is 24.4 Å². The van der Waals surface area contributed by atoms with Crippen LogP contribution in [-0.2, 0) is 9.53 Å². The van der Waals surface area contributed by atoms with Crippen molar-refractivity contribution in [1.82, 2.24) is 4.98 Å². The van der Waals surface area contributed by atoms with Crippen LogP contribution in [0.25, 0.3) is 10.9 Å². The van der Waals surface area contributed by atoms with Gasteiger partial charge < -0.3 is 20.5 Å². The molecule has 2 heterocycles. The van der Waals surface area contributed by atoms with Gasteiger partial charge in [-0.2, -0.15) is 5.10 Å². The van der Waals surface area contributed by atoms with E-state index in [2.05, 4.69) is 15.1 Å². The summed E-state index contributed by atoms with van der Waals surface area (Å²) in [4.78, 5) is 33.2. The van der Waals surface area contributed by atoms with Crippen molar-refractivity contribution < 1.29 is 9.53 Å². The Balaban J connectivity index is 1.57. The van der Waals surface area contributed by atoms with Gasteiger partial charge in [-0.3, -0.25) is 14.6 Å². The van der Waals surface area contributed by atoms with Crippen molar-refractivity contribution in [3.63, 3.8) is 0 Å². The zero-order chi connectivity index (χ0) is 20.2. The van der Waals surface area contributed by atoms with E-state index in [1.54, 1.807) is 23.1 Å². The molecular formula is C21H19N5O3. The second-order valence-corrected chi connectivity index (χ2v) is 6.49. The maximum Gasteiger partial charge on any atom is 0.258 e. The number of fused-ring (bicyclic) bond motifs is 1. The molecule has 0 radical (unpaired) electrons. The molecule has 1 aromatic heterocycles. The number of aromatic amines is 1. The molecule has 8 heteroatoms. The largest absolute Gasteiger partial charge is 0.370 e. The molecule has 1 aliphatic heterocycles. The van der Waals surface area contributed by atoms with Crippen molar-refractivity contribution in [2.24, 2.45) is 15.9 Å². The highest BCUT2D eigenvalue weighted by Gasteiger charge is 2.19. The number of rotatable bonds is 4. The number of morpholine rings is 1. The molecule has 1 amide bonds. The second-order valence-electron chi connectivity index (χ2n) is 6.49. The molecule has 4 rings (SSSR count). The minimum atomic E-state index is -0.291. The van der Waals surface area contributed by atoms with Gasteiger partial charge in [0.15, 0.2) is 0 Å². The number of pyridine rings is 1. The highest BCUT2D eigenvalue weighted by Crippen LogP contribution is 2.21. The highest BCUT2D eigenvalue weighted by atomic mass is 16.5. The summed E-state index contributed by atoms with van der Waals surface area (Å²) in [6.07, 6.45) is 1.45. The number of hydrazone groups is 1. The van der Waals surface area contributed by atoms with Crippen LogP contribution in [0.15, 0.2) is 69.5 Å². The smallest absolute Gasteiger partial charge is 0.258 e. The summed E-state index contributed by atoms with van der Waals surface area (Å²) in [6.45, 7) is 1.13. The molecule has 2 aromatic carbocycles. The van der Waals surface area contributed by atoms with E-state index >= 15 is 0 Å². The molecule has 0 unspecified atom stereocenters. The lowest BCUT2D eigenvalue weighted by Gasteiger charge is -2.26. The van der Waals surface area contributed by atoms with Crippen LogP contribution in [0.5, 0.6) is 0 Å². The van der Waals surface area contributed by atoms with Gasteiger partial charge in [0.1, 0.15) is 12.3 Å². The number of para-hydroxylation sites is 1. The van der Waals surface area contributed by atoms with E-state index in [4.69, 9.17) is 10.6 Å². The summed E-state index contributed by atoms with van der Waals surface area (Å²) >= 11 is 0. The van der Waals surface area contributed by atoms with Gasteiger partial charge in [0.05, 0.1) is 24.1 Å². The Labute approximate surface area is 166 Å². The van der Waals surface area contributed by atoms with E-state index in [1.807, 2.05) is 36.4 Å². The summed E-state index contributed by atoms with van der Waals surface area (Å²) in [6, 6.07) is 16.4. The third-order valence-corrected chi connectivity index (χ3v) is 4.65. The number of ether oxygens (including phenoxy) is 1. The lowest BCUT2D eigenvalue weighted by molar-refractivity contribution is -0.125. The first-order valence-corrected chi connectivity index (χ1v) is 9.08. The number of nitrogens with two attached hydrogens (primary N) is 1. The number of carbonyl (C=O) groups is 1. The average molecular weight is 389 g/mol. The van der Waals surface area contributed by atoms with Crippen molar-refractivity contribution in [3.05, 3.63) is 70.5 Å². The third kappa shape index (κ3) is 3.92. The van der Waals surface area contributed by atoms with Crippen LogP contribution in [0, 0.1) is 0 Å². The van der Waals surface area contributed by atoms with E-state index in [1.165, 1.54) is 6.21 Å². The molecule has 3 N–H and O–H groups in total. The zero-order valence-electron chi connectivity index (χ0n) is 15.5. The van der Waals surface area contributed by atoms with Gasteiger partial charge in [0.25, 0.3) is 11.5 Å². The zero-order valence-corrected chi connectivity index (χ0v) is 15.5. The van der Waals surface area contributed by atoms with Crippen molar-refractivity contribution in [2.45, 2.75) is 0 Å². The fraction of sp³-hybridized carbons (Fsp3) is 0.143. The third-order valence-electron chi connectivity index (χ3n) is 4.65. The number of hydrogen-bond donors (Lipinski definition) is 2. The minimum Gasteiger partial charge on any atom is -0.370 e. The van der Waals surface area contributed by atoms with Crippen molar-refractivity contribution >= 4 is 40.1 Å². The summed E-state index contributed by atoms with van der Waals surface area (Å²) in [5, 5.41) is 4.59. The van der Waals surface area contributed by atoms with Gasteiger partial charge in [-0.25, -0.2) is 0 Å². The number of aromatic nitrogens is 1. The summed E-state index contributed by atoms with van der Waals surface area (Å²) in [7, 11) is 0. The molecule has 29 heavy (non-hydrogen) atoms. The molecular weight excluding hydrogens is 370 g/mol. The number of hydrogen-bond acceptors (Lipinski definition) is 6. The Morgan fingerprint density at radius 2 is 1.93 bits per heavy atom. The van der Waals surface area contributed by atoms with Crippen LogP contribution < -0.4 is 16.3 Å². The second kappa shape index (κ2) is 8.07. The highest BCUT2D eigenvalue weighted by molar-refractivity contribution is 6.38. The number of amides is 1. The Morgan fingerprint density at radius 1 is 1.14 bits per heavy atom. The Bertz CT molecular complexity index is 1160. The Hall–Kier alpha value is -3.78. The van der Waals surface area contributed by atoms with Crippen LogP contribution in [0.1, 0.15) is 5.56 Å². The van der Waals surface area contributed by atoms with Gasteiger partial charge >= 0.3 is 0 Å². The SMILES string of the molecule is NN=C(C=Nc1ccc(N2CCOCC2=O)cc1)c1cc2ccccc2[nH]c1=O. The fourth-order valence-electron chi connectivity index (χ4n) is 3.16. The minimum absolute atomic E-state index is 0.0689. The van der Waals surface area contributed by atoms with Crippen LogP contribution in [0.3, 0.4) is 0 Å². The van der Waals surface area contributed by atoms with Gasteiger partial charge in [0.2, 0.25) is 0 Å². The number of H-pyrrole nitrogens is 1. The summed E-state index contributed by atoms with van der Waals surface area (Å²) < 4.78 is 5.15. The predicted octanol–water partition coefficient (Wildman–Crippen LogP) is 1.96. The molecule has 1 aliphatic rings. The lowest BCUT2D eigenvalue weighted by atomic mass is 10.1. The average Bonchev–Trinajstić information content (AvgIpc) is 2.75. The molecule has 0 atom stereocenters. The summed E-state index contributed by atoms with van der Waals surface area (Å²) in [5.41, 5.74) is 2.49. The molecule has 8 nitrogen and oxygen atoms in total. The number of nitrogens with one attached hydrogen (secondary N) is 1. The van der Waals surface area contributed by atoms with E-state index < -0.39 is 0 Å². The van der Waals surface area contributed by atoms with Crippen LogP contribution in [-0.4, -0.2) is 42.6 Å². The van der Waals surface area contributed by atoms with Gasteiger partial charge in [-0.05, 0) is 41.8 Å². The summed E-state index contributed by atoms with van der Waals surface area (Å²) in [5.74, 6) is 5.44. The lowest BCUT2D eigenvalue weighted by Crippen LogP contribution is -2.41. The van der Waals surface area contributed by atoms with Gasteiger partial charge in [-0.15, -0.1) is 0 Å². The van der Waals surface area contributed by atoms with E-state index in [-0.39, 0.29) is 23.8 Å². The first-order chi connectivity index (χ1) is 14.2.